The van der Waals surface area contributed by atoms with Crippen LogP contribution in [0.2, 0.25) is 0 Å². The van der Waals surface area contributed by atoms with Gasteiger partial charge in [0.1, 0.15) is 23.2 Å². The lowest BCUT2D eigenvalue weighted by Gasteiger charge is -2.09. The molecular weight excluding hydrogens is 245 g/mol. The number of benzene rings is 1. The summed E-state index contributed by atoms with van der Waals surface area (Å²) in [5, 5.41) is 0. The molecule has 0 spiro atoms. The van der Waals surface area contributed by atoms with Gasteiger partial charge >= 0.3 is 0 Å². The van der Waals surface area contributed by atoms with Crippen LogP contribution < -0.4 is 10.5 Å². The number of anilines is 1. The second-order valence-corrected chi connectivity index (χ2v) is 4.54. The van der Waals surface area contributed by atoms with Gasteiger partial charge in [-0.3, -0.25) is 0 Å². The van der Waals surface area contributed by atoms with Crippen LogP contribution in [0.15, 0.2) is 24.3 Å². The first-order valence-electron chi connectivity index (χ1n) is 5.99. The maximum atomic E-state index is 14.0. The van der Waals surface area contributed by atoms with Crippen molar-refractivity contribution < 1.29 is 9.13 Å². The maximum absolute atomic E-state index is 14.0. The molecule has 0 amide bonds. The van der Waals surface area contributed by atoms with Crippen LogP contribution >= 0.6 is 0 Å². The minimum absolute atomic E-state index is 0.128. The molecule has 4 nitrogen and oxygen atoms in total. The van der Waals surface area contributed by atoms with Crippen LogP contribution in [-0.4, -0.2) is 17.1 Å². The van der Waals surface area contributed by atoms with Gasteiger partial charge in [-0.25, -0.2) is 14.4 Å². The molecule has 1 aromatic heterocycles. The number of aromatic nitrogens is 2. The largest absolute Gasteiger partial charge is 0.497 e. The molecule has 2 rings (SSSR count). The van der Waals surface area contributed by atoms with Gasteiger partial charge in [0.2, 0.25) is 0 Å². The number of hydrogen-bond donors (Lipinski definition) is 1. The summed E-state index contributed by atoms with van der Waals surface area (Å²) in [5.41, 5.74) is 6.61. The van der Waals surface area contributed by atoms with Crippen molar-refractivity contribution in [2.24, 2.45) is 0 Å². The Labute approximate surface area is 111 Å². The van der Waals surface area contributed by atoms with E-state index in [-0.39, 0.29) is 5.92 Å². The highest BCUT2D eigenvalue weighted by molar-refractivity contribution is 5.63. The van der Waals surface area contributed by atoms with Crippen LogP contribution in [-0.2, 0) is 0 Å². The van der Waals surface area contributed by atoms with Crippen molar-refractivity contribution in [3.63, 3.8) is 0 Å². The van der Waals surface area contributed by atoms with Crippen molar-refractivity contribution >= 4 is 5.82 Å². The van der Waals surface area contributed by atoms with Gasteiger partial charge < -0.3 is 10.5 Å². The number of rotatable bonds is 3. The Morgan fingerprint density at radius 3 is 2.53 bits per heavy atom. The molecule has 0 saturated heterocycles. The molecule has 0 unspecified atom stereocenters. The molecule has 1 heterocycles. The first kappa shape index (κ1) is 13.3. The summed E-state index contributed by atoms with van der Waals surface area (Å²) >= 11 is 0. The van der Waals surface area contributed by atoms with E-state index in [0.29, 0.717) is 28.6 Å². The van der Waals surface area contributed by atoms with Crippen molar-refractivity contribution in [1.29, 1.82) is 0 Å². The van der Waals surface area contributed by atoms with E-state index in [0.717, 1.165) is 0 Å². The van der Waals surface area contributed by atoms with Gasteiger partial charge in [-0.05, 0) is 12.1 Å². The molecule has 0 fully saturated rings. The van der Waals surface area contributed by atoms with Crippen molar-refractivity contribution in [3.05, 3.63) is 35.9 Å². The molecule has 0 atom stereocenters. The molecule has 5 heteroatoms. The van der Waals surface area contributed by atoms with Crippen LogP contribution in [0.4, 0.5) is 10.2 Å². The van der Waals surface area contributed by atoms with E-state index in [1.165, 1.54) is 13.2 Å². The number of hydrogen-bond acceptors (Lipinski definition) is 4. The number of nitrogens with zero attached hydrogens (tertiary/aromatic N) is 2. The topological polar surface area (TPSA) is 61.0 Å². The van der Waals surface area contributed by atoms with Crippen molar-refractivity contribution in [1.82, 2.24) is 9.97 Å². The van der Waals surface area contributed by atoms with E-state index in [4.69, 9.17) is 10.5 Å². The van der Waals surface area contributed by atoms with Crippen molar-refractivity contribution in [3.8, 4) is 17.0 Å². The molecule has 0 aliphatic rings. The first-order valence-corrected chi connectivity index (χ1v) is 5.99. The monoisotopic (exact) mass is 261 g/mol. The van der Waals surface area contributed by atoms with E-state index in [2.05, 4.69) is 9.97 Å². The zero-order valence-electron chi connectivity index (χ0n) is 11.1. The van der Waals surface area contributed by atoms with Gasteiger partial charge in [-0.2, -0.15) is 0 Å². The Hall–Kier alpha value is -2.17. The smallest absolute Gasteiger partial charge is 0.136 e. The summed E-state index contributed by atoms with van der Waals surface area (Å²) in [6, 6.07) is 6.20. The van der Waals surface area contributed by atoms with Gasteiger partial charge in [0.15, 0.2) is 0 Å². The molecule has 0 aliphatic heterocycles. The lowest BCUT2D eigenvalue weighted by Crippen LogP contribution is -2.03. The quantitative estimate of drug-likeness (QED) is 0.922. The third kappa shape index (κ3) is 2.81. The van der Waals surface area contributed by atoms with Gasteiger partial charge in [0.25, 0.3) is 0 Å². The molecule has 19 heavy (non-hydrogen) atoms. The number of nitrogen functional groups attached to an aromatic ring is 1. The van der Waals surface area contributed by atoms with Gasteiger partial charge in [0, 0.05) is 23.6 Å². The third-order valence-electron chi connectivity index (χ3n) is 2.73. The number of ether oxygens (including phenoxy) is 1. The number of halogens is 1. The normalized spacial score (nSPS) is 10.8. The summed E-state index contributed by atoms with van der Waals surface area (Å²) in [4.78, 5) is 8.49. The van der Waals surface area contributed by atoms with Crippen LogP contribution in [0.1, 0.15) is 25.6 Å². The van der Waals surface area contributed by atoms with Crippen LogP contribution in [0, 0.1) is 5.82 Å². The van der Waals surface area contributed by atoms with Crippen LogP contribution in [0.25, 0.3) is 11.3 Å². The van der Waals surface area contributed by atoms with E-state index in [1.54, 1.807) is 18.2 Å². The Morgan fingerprint density at radius 2 is 1.95 bits per heavy atom. The summed E-state index contributed by atoms with van der Waals surface area (Å²) in [6.07, 6.45) is 0. The highest BCUT2D eigenvalue weighted by Crippen LogP contribution is 2.26. The maximum Gasteiger partial charge on any atom is 0.136 e. The lowest BCUT2D eigenvalue weighted by molar-refractivity contribution is 0.411. The SMILES string of the molecule is COc1ccc(-c2cc(N)nc(C(C)C)n2)c(F)c1. The molecule has 0 aliphatic carbocycles. The van der Waals surface area contributed by atoms with E-state index >= 15 is 0 Å². The summed E-state index contributed by atoms with van der Waals surface area (Å²) < 4.78 is 19.0. The van der Waals surface area contributed by atoms with Gasteiger partial charge in [0.05, 0.1) is 12.8 Å². The average Bonchev–Trinajstić information content (AvgIpc) is 2.37. The lowest BCUT2D eigenvalue weighted by atomic mass is 10.1. The molecule has 0 saturated carbocycles. The van der Waals surface area contributed by atoms with Gasteiger partial charge in [-0.15, -0.1) is 0 Å². The van der Waals surface area contributed by atoms with Crippen LogP contribution in [0.3, 0.4) is 0 Å². The highest BCUT2D eigenvalue weighted by atomic mass is 19.1. The second-order valence-electron chi connectivity index (χ2n) is 4.54. The van der Waals surface area contributed by atoms with Gasteiger partial charge in [-0.1, -0.05) is 13.8 Å². The molecule has 0 radical (unpaired) electrons. The minimum Gasteiger partial charge on any atom is -0.497 e. The Bertz CT molecular complexity index is 599. The fraction of sp³-hybridized carbons (Fsp3) is 0.286. The zero-order chi connectivity index (χ0) is 14.0. The summed E-state index contributed by atoms with van der Waals surface area (Å²) in [6.45, 7) is 3.92. The van der Waals surface area contributed by atoms with E-state index in [1.807, 2.05) is 13.8 Å². The predicted octanol–water partition coefficient (Wildman–Crippen LogP) is 3.00. The molecule has 0 bridgehead atoms. The van der Waals surface area contributed by atoms with E-state index in [9.17, 15) is 4.39 Å². The zero-order valence-corrected chi connectivity index (χ0v) is 11.1. The van der Waals surface area contributed by atoms with Crippen LogP contribution in [0.5, 0.6) is 5.75 Å². The fourth-order valence-electron chi connectivity index (χ4n) is 1.71. The standard InChI is InChI=1S/C14H16FN3O/c1-8(2)14-17-12(7-13(16)18-14)10-5-4-9(19-3)6-11(10)15/h4-8H,1-3H3,(H2,16,17,18). The number of methoxy groups -OCH3 is 1. The average molecular weight is 261 g/mol. The van der Waals surface area contributed by atoms with E-state index < -0.39 is 5.82 Å². The second kappa shape index (κ2) is 5.22. The molecule has 100 valence electrons. The molecule has 2 N–H and O–H groups in total. The number of nitrogens with two attached hydrogens (primary N) is 1. The Kier molecular flexibility index (Phi) is 3.64. The Morgan fingerprint density at radius 1 is 1.21 bits per heavy atom. The fourth-order valence-corrected chi connectivity index (χ4v) is 1.71. The van der Waals surface area contributed by atoms with Crippen molar-refractivity contribution in [2.75, 3.05) is 12.8 Å². The minimum atomic E-state index is -0.396. The highest BCUT2D eigenvalue weighted by Gasteiger charge is 2.12. The summed E-state index contributed by atoms with van der Waals surface area (Å²) in [5.74, 6) is 1.14. The molecular formula is C14H16FN3O. The Balaban J connectivity index is 2.52. The van der Waals surface area contributed by atoms with Crippen molar-refractivity contribution in [2.45, 2.75) is 19.8 Å². The molecule has 2 aromatic rings. The first-order chi connectivity index (χ1) is 9.01. The summed E-state index contributed by atoms with van der Waals surface area (Å²) in [7, 11) is 1.49. The predicted molar refractivity (Wildman–Crippen MR) is 72.5 cm³/mol. The molecule has 1 aromatic carbocycles. The third-order valence-corrected chi connectivity index (χ3v) is 2.73.